The third kappa shape index (κ3) is 49.6. The van der Waals surface area contributed by atoms with E-state index in [2.05, 4.69) is 106 Å². The molecule has 0 aliphatic rings. The molecule has 1 atom stereocenters. The average Bonchev–Trinajstić information content (AvgIpc) is 3.29. The van der Waals surface area contributed by atoms with E-state index in [-0.39, 0.29) is 37.5 Å². The van der Waals surface area contributed by atoms with Crippen molar-refractivity contribution in [3.05, 3.63) is 85.1 Å². The molecule has 0 aromatic carbocycles. The monoisotopic (exact) mass is 891 g/mol. The third-order valence-electron chi connectivity index (χ3n) is 11.1. The van der Waals surface area contributed by atoms with E-state index in [1.165, 1.54) is 109 Å². The summed E-state index contributed by atoms with van der Waals surface area (Å²) in [5.41, 5.74) is 0. The Morgan fingerprint density at radius 1 is 0.328 bits per heavy atom. The predicted octanol–water partition coefficient (Wildman–Crippen LogP) is 17.6. The van der Waals surface area contributed by atoms with E-state index >= 15 is 0 Å². The zero-order chi connectivity index (χ0) is 46.5. The molecule has 0 rings (SSSR count). The highest BCUT2D eigenvalue weighted by Crippen LogP contribution is 2.14. The molecule has 0 N–H and O–H groups in total. The Kier molecular flexibility index (Phi) is 49.4. The molecule has 0 amide bonds. The molecule has 0 aromatic rings. The van der Waals surface area contributed by atoms with Gasteiger partial charge in [-0.3, -0.25) is 14.4 Å². The molecule has 0 spiro atoms. The maximum absolute atomic E-state index is 12.8. The van der Waals surface area contributed by atoms with Gasteiger partial charge in [-0.15, -0.1) is 0 Å². The third-order valence-corrected chi connectivity index (χ3v) is 11.1. The van der Waals surface area contributed by atoms with Crippen LogP contribution in [0.3, 0.4) is 0 Å². The van der Waals surface area contributed by atoms with Gasteiger partial charge in [-0.1, -0.05) is 209 Å². The smallest absolute Gasteiger partial charge is 0.306 e. The van der Waals surface area contributed by atoms with Gasteiger partial charge in [-0.2, -0.15) is 0 Å². The predicted molar refractivity (Wildman–Crippen MR) is 274 cm³/mol. The Balaban J connectivity index is 4.45. The number of ether oxygens (including phenoxy) is 3. The van der Waals surface area contributed by atoms with Gasteiger partial charge >= 0.3 is 17.9 Å². The molecule has 0 aromatic heterocycles. The molecule has 0 fully saturated rings. The summed E-state index contributed by atoms with van der Waals surface area (Å²) in [5, 5.41) is 0. The first-order valence-electron chi connectivity index (χ1n) is 26.6. The summed E-state index contributed by atoms with van der Waals surface area (Å²) in [7, 11) is 0. The first-order chi connectivity index (χ1) is 31.5. The standard InChI is InChI=1S/C58H98O6/c1-4-7-10-13-16-19-22-24-26-28-30-31-33-36-39-42-45-48-51-57(60)63-54-55(53-62-56(59)50-47-44-41-38-35-21-18-15-12-9-6-3)64-58(61)52-49-46-43-40-37-34-32-29-27-25-23-20-17-14-11-8-5-2/h8,11,15,17-18,20,25-28,32,34,40,43,55H,4-7,9-10,12-14,16,19,21-24,29-31,33,35-39,41-42,44-54H2,1-3H3/b11-8-,18-15-,20-17-,27-25-,28-26-,34-32-,43-40-. The zero-order valence-electron chi connectivity index (χ0n) is 41.8. The Bertz CT molecular complexity index is 1250. The van der Waals surface area contributed by atoms with Crippen molar-refractivity contribution in [3.63, 3.8) is 0 Å². The minimum atomic E-state index is -0.811. The van der Waals surface area contributed by atoms with Gasteiger partial charge in [0.25, 0.3) is 0 Å². The van der Waals surface area contributed by atoms with Crippen molar-refractivity contribution in [2.75, 3.05) is 13.2 Å². The second-order valence-corrected chi connectivity index (χ2v) is 17.4. The molecule has 0 aliphatic heterocycles. The maximum Gasteiger partial charge on any atom is 0.306 e. The molecule has 6 heteroatoms. The summed E-state index contributed by atoms with van der Waals surface area (Å²) in [6.07, 6.45) is 67.2. The average molecular weight is 891 g/mol. The Morgan fingerprint density at radius 2 is 0.641 bits per heavy atom. The van der Waals surface area contributed by atoms with Crippen LogP contribution in [0.2, 0.25) is 0 Å². The van der Waals surface area contributed by atoms with Crippen LogP contribution in [0.1, 0.15) is 245 Å². The molecule has 0 saturated carbocycles. The SMILES string of the molecule is CC/C=C\C/C=C\C/C=C\C/C=C\C/C=C\CCCC(=O)OC(COC(=O)CCCCCCC/C=C\CCCC)COC(=O)CCCCCCCCC/C=C\CCCCCCCCC. The van der Waals surface area contributed by atoms with E-state index in [4.69, 9.17) is 14.2 Å². The highest BCUT2D eigenvalue weighted by atomic mass is 16.6. The van der Waals surface area contributed by atoms with Crippen molar-refractivity contribution in [2.45, 2.75) is 252 Å². The van der Waals surface area contributed by atoms with Crippen LogP contribution in [0.15, 0.2) is 85.1 Å². The Labute approximate surface area is 395 Å². The lowest BCUT2D eigenvalue weighted by Gasteiger charge is -2.18. The Morgan fingerprint density at radius 3 is 1.06 bits per heavy atom. The summed E-state index contributed by atoms with van der Waals surface area (Å²) < 4.78 is 16.7. The molecular formula is C58H98O6. The van der Waals surface area contributed by atoms with Gasteiger partial charge in [0.05, 0.1) is 0 Å². The molecule has 0 radical (unpaired) electrons. The molecule has 0 bridgehead atoms. The van der Waals surface area contributed by atoms with Crippen LogP contribution in [0, 0.1) is 0 Å². The highest BCUT2D eigenvalue weighted by molar-refractivity contribution is 5.71. The van der Waals surface area contributed by atoms with Gasteiger partial charge < -0.3 is 14.2 Å². The molecule has 0 heterocycles. The van der Waals surface area contributed by atoms with Crippen LogP contribution in [0.4, 0.5) is 0 Å². The largest absolute Gasteiger partial charge is 0.462 e. The van der Waals surface area contributed by atoms with E-state index in [9.17, 15) is 14.4 Å². The van der Waals surface area contributed by atoms with Crippen molar-refractivity contribution >= 4 is 17.9 Å². The second-order valence-electron chi connectivity index (χ2n) is 17.4. The van der Waals surface area contributed by atoms with Gasteiger partial charge in [0.2, 0.25) is 0 Å². The fourth-order valence-corrected chi connectivity index (χ4v) is 7.10. The van der Waals surface area contributed by atoms with E-state index in [0.29, 0.717) is 19.3 Å². The molecule has 366 valence electrons. The van der Waals surface area contributed by atoms with Crippen molar-refractivity contribution in [3.8, 4) is 0 Å². The zero-order valence-corrected chi connectivity index (χ0v) is 41.8. The van der Waals surface area contributed by atoms with Gasteiger partial charge in [-0.25, -0.2) is 0 Å². The number of hydrogen-bond donors (Lipinski definition) is 0. The van der Waals surface area contributed by atoms with Crippen LogP contribution >= 0.6 is 0 Å². The maximum atomic E-state index is 12.8. The van der Waals surface area contributed by atoms with Crippen molar-refractivity contribution < 1.29 is 28.6 Å². The lowest BCUT2D eigenvalue weighted by Crippen LogP contribution is -2.30. The first kappa shape index (κ1) is 60.6. The van der Waals surface area contributed by atoms with Crippen LogP contribution in [-0.2, 0) is 28.6 Å². The molecule has 0 aliphatic carbocycles. The van der Waals surface area contributed by atoms with Crippen LogP contribution in [0.5, 0.6) is 0 Å². The van der Waals surface area contributed by atoms with Gasteiger partial charge in [-0.05, 0) is 103 Å². The second kappa shape index (κ2) is 52.2. The minimum absolute atomic E-state index is 0.104. The number of carbonyl (C=O) groups excluding carboxylic acids is 3. The van der Waals surface area contributed by atoms with Crippen molar-refractivity contribution in [2.24, 2.45) is 0 Å². The van der Waals surface area contributed by atoms with E-state index < -0.39 is 6.10 Å². The summed E-state index contributed by atoms with van der Waals surface area (Å²) >= 11 is 0. The van der Waals surface area contributed by atoms with Crippen molar-refractivity contribution in [1.82, 2.24) is 0 Å². The topological polar surface area (TPSA) is 78.9 Å². The van der Waals surface area contributed by atoms with E-state index in [1.807, 2.05) is 0 Å². The molecule has 0 saturated heterocycles. The quantitative estimate of drug-likeness (QED) is 0.0262. The summed E-state index contributed by atoms with van der Waals surface area (Å²) in [6, 6.07) is 0. The van der Waals surface area contributed by atoms with E-state index in [1.54, 1.807) is 0 Å². The molecular weight excluding hydrogens is 793 g/mol. The summed E-state index contributed by atoms with van der Waals surface area (Å²) in [5.74, 6) is -0.977. The van der Waals surface area contributed by atoms with Gasteiger partial charge in [0, 0.05) is 19.3 Å². The normalized spacial score (nSPS) is 12.7. The van der Waals surface area contributed by atoms with Crippen LogP contribution < -0.4 is 0 Å². The number of hydrogen-bond acceptors (Lipinski definition) is 6. The number of rotatable bonds is 47. The number of allylic oxidation sites excluding steroid dienone is 14. The van der Waals surface area contributed by atoms with E-state index in [0.717, 1.165) is 89.9 Å². The first-order valence-corrected chi connectivity index (χ1v) is 26.6. The molecule has 6 nitrogen and oxygen atoms in total. The fourth-order valence-electron chi connectivity index (χ4n) is 7.10. The van der Waals surface area contributed by atoms with Gasteiger partial charge in [0.1, 0.15) is 13.2 Å². The number of carbonyl (C=O) groups is 3. The fraction of sp³-hybridized carbons (Fsp3) is 0.707. The minimum Gasteiger partial charge on any atom is -0.462 e. The summed E-state index contributed by atoms with van der Waals surface area (Å²) in [6.45, 7) is 6.43. The highest BCUT2D eigenvalue weighted by Gasteiger charge is 2.19. The van der Waals surface area contributed by atoms with Crippen LogP contribution in [0.25, 0.3) is 0 Å². The summed E-state index contributed by atoms with van der Waals surface area (Å²) in [4.78, 5) is 38.0. The van der Waals surface area contributed by atoms with Crippen LogP contribution in [-0.4, -0.2) is 37.2 Å². The van der Waals surface area contributed by atoms with Gasteiger partial charge in [0.15, 0.2) is 6.10 Å². The number of unbranched alkanes of at least 4 members (excludes halogenated alkanes) is 22. The molecule has 1 unspecified atom stereocenters. The van der Waals surface area contributed by atoms with Crippen molar-refractivity contribution in [1.29, 1.82) is 0 Å². The number of esters is 3. The lowest BCUT2D eigenvalue weighted by atomic mass is 10.1. The lowest BCUT2D eigenvalue weighted by molar-refractivity contribution is -0.167. The molecule has 64 heavy (non-hydrogen) atoms. The Hall–Kier alpha value is -3.41.